The quantitative estimate of drug-likeness (QED) is 0.803. The molecule has 0 fully saturated rings. The number of amides is 1. The number of carbonyl (C=O) groups excluding carboxylic acids is 1. The summed E-state index contributed by atoms with van der Waals surface area (Å²) < 4.78 is 5.92. The van der Waals surface area contributed by atoms with E-state index in [9.17, 15) is 4.79 Å². The Morgan fingerprint density at radius 2 is 2.32 bits per heavy atom. The summed E-state index contributed by atoms with van der Waals surface area (Å²) in [6.07, 6.45) is 0.781. The molecule has 2 aromatic rings. The standard InChI is InChI=1S/C15H18BrN3O2S/c1-9-13(7-10-4-3-5-11(16)6-10)22-15(18-9)19-14(20)12(17)8-21-2/h3-6,12H,7-8,17H2,1-2H3,(H,18,19,20). The number of carbonyl (C=O) groups is 1. The zero-order chi connectivity index (χ0) is 16.1. The molecule has 3 N–H and O–H groups in total. The van der Waals surface area contributed by atoms with Crippen molar-refractivity contribution in [3.63, 3.8) is 0 Å². The number of halogens is 1. The van der Waals surface area contributed by atoms with Crippen LogP contribution in [0.1, 0.15) is 16.1 Å². The summed E-state index contributed by atoms with van der Waals surface area (Å²) in [4.78, 5) is 17.4. The molecule has 1 amide bonds. The van der Waals surface area contributed by atoms with Gasteiger partial charge in [0, 0.05) is 22.9 Å². The number of aryl methyl sites for hydroxylation is 1. The van der Waals surface area contributed by atoms with Crippen molar-refractivity contribution in [2.75, 3.05) is 19.0 Å². The van der Waals surface area contributed by atoms with E-state index in [1.165, 1.54) is 24.0 Å². The molecule has 5 nitrogen and oxygen atoms in total. The molecular formula is C15H18BrN3O2S. The minimum atomic E-state index is -0.692. The maximum atomic E-state index is 11.9. The highest BCUT2D eigenvalue weighted by atomic mass is 79.9. The monoisotopic (exact) mass is 383 g/mol. The molecule has 0 aliphatic carbocycles. The molecule has 22 heavy (non-hydrogen) atoms. The lowest BCUT2D eigenvalue weighted by molar-refractivity contribution is -0.118. The normalized spacial score (nSPS) is 12.2. The van der Waals surface area contributed by atoms with E-state index >= 15 is 0 Å². The number of thiazole rings is 1. The van der Waals surface area contributed by atoms with Crippen LogP contribution in [-0.4, -0.2) is 30.6 Å². The van der Waals surface area contributed by atoms with Gasteiger partial charge in [0.15, 0.2) is 5.13 Å². The summed E-state index contributed by atoms with van der Waals surface area (Å²) in [6.45, 7) is 2.12. The molecule has 0 spiro atoms. The topological polar surface area (TPSA) is 77.2 Å². The zero-order valence-electron chi connectivity index (χ0n) is 12.4. The Bertz CT molecular complexity index is 660. The number of ether oxygens (including phenoxy) is 1. The Morgan fingerprint density at radius 3 is 3.00 bits per heavy atom. The molecule has 7 heteroatoms. The van der Waals surface area contributed by atoms with Crippen molar-refractivity contribution in [3.8, 4) is 0 Å². The number of hydrogen-bond donors (Lipinski definition) is 2. The van der Waals surface area contributed by atoms with Gasteiger partial charge < -0.3 is 15.8 Å². The number of hydrogen-bond acceptors (Lipinski definition) is 5. The van der Waals surface area contributed by atoms with Crippen LogP contribution in [0.2, 0.25) is 0 Å². The van der Waals surface area contributed by atoms with Crippen LogP contribution in [0.3, 0.4) is 0 Å². The fraction of sp³-hybridized carbons (Fsp3) is 0.333. The van der Waals surface area contributed by atoms with Crippen LogP contribution >= 0.6 is 27.3 Å². The van der Waals surface area contributed by atoms with Crippen LogP contribution in [-0.2, 0) is 16.0 Å². The van der Waals surface area contributed by atoms with Gasteiger partial charge in [-0.2, -0.15) is 0 Å². The highest BCUT2D eigenvalue weighted by Gasteiger charge is 2.16. The molecule has 1 aromatic heterocycles. The lowest BCUT2D eigenvalue weighted by Crippen LogP contribution is -2.39. The van der Waals surface area contributed by atoms with Crippen molar-refractivity contribution >= 4 is 38.3 Å². The predicted molar refractivity (Wildman–Crippen MR) is 92.3 cm³/mol. The Hall–Kier alpha value is -1.28. The van der Waals surface area contributed by atoms with Crippen molar-refractivity contribution < 1.29 is 9.53 Å². The van der Waals surface area contributed by atoms with Crippen molar-refractivity contribution in [1.29, 1.82) is 0 Å². The van der Waals surface area contributed by atoms with Crippen molar-refractivity contribution in [3.05, 3.63) is 44.9 Å². The molecule has 1 heterocycles. The first-order valence-corrected chi connectivity index (χ1v) is 8.36. The molecular weight excluding hydrogens is 366 g/mol. The number of methoxy groups -OCH3 is 1. The van der Waals surface area contributed by atoms with Gasteiger partial charge in [-0.05, 0) is 24.6 Å². The summed E-state index contributed by atoms with van der Waals surface area (Å²) >= 11 is 4.94. The highest BCUT2D eigenvalue weighted by Crippen LogP contribution is 2.26. The Morgan fingerprint density at radius 1 is 1.55 bits per heavy atom. The van der Waals surface area contributed by atoms with Crippen LogP contribution in [0.15, 0.2) is 28.7 Å². The Labute approximate surface area is 142 Å². The van der Waals surface area contributed by atoms with Gasteiger partial charge in [0.05, 0.1) is 12.3 Å². The summed E-state index contributed by atoms with van der Waals surface area (Å²) in [6, 6.07) is 7.44. The van der Waals surface area contributed by atoms with Gasteiger partial charge in [0.25, 0.3) is 0 Å². The third-order valence-electron chi connectivity index (χ3n) is 3.06. The summed E-state index contributed by atoms with van der Waals surface area (Å²) in [5.74, 6) is -0.287. The summed E-state index contributed by atoms with van der Waals surface area (Å²) in [5.41, 5.74) is 7.80. The second kappa shape index (κ2) is 7.82. The van der Waals surface area contributed by atoms with Gasteiger partial charge in [-0.3, -0.25) is 4.79 Å². The van der Waals surface area contributed by atoms with Gasteiger partial charge in [-0.1, -0.05) is 28.1 Å². The molecule has 0 aliphatic rings. The van der Waals surface area contributed by atoms with Crippen LogP contribution in [0.4, 0.5) is 5.13 Å². The third-order valence-corrected chi connectivity index (χ3v) is 4.63. The van der Waals surface area contributed by atoms with Crippen LogP contribution < -0.4 is 11.1 Å². The number of aromatic nitrogens is 1. The second-order valence-corrected chi connectivity index (χ2v) is 6.88. The van der Waals surface area contributed by atoms with Gasteiger partial charge in [-0.15, -0.1) is 11.3 Å². The average molecular weight is 384 g/mol. The van der Waals surface area contributed by atoms with Gasteiger partial charge in [0.1, 0.15) is 6.04 Å². The van der Waals surface area contributed by atoms with E-state index in [-0.39, 0.29) is 12.5 Å². The highest BCUT2D eigenvalue weighted by molar-refractivity contribution is 9.10. The summed E-state index contributed by atoms with van der Waals surface area (Å²) in [7, 11) is 1.51. The van der Waals surface area contributed by atoms with Crippen LogP contribution in [0.25, 0.3) is 0 Å². The Kier molecular flexibility index (Phi) is 6.07. The third kappa shape index (κ3) is 4.61. The molecule has 0 bridgehead atoms. The molecule has 0 saturated heterocycles. The zero-order valence-corrected chi connectivity index (χ0v) is 14.8. The molecule has 0 aliphatic heterocycles. The van der Waals surface area contributed by atoms with E-state index in [0.29, 0.717) is 5.13 Å². The number of benzene rings is 1. The molecule has 0 saturated carbocycles. The number of anilines is 1. The molecule has 1 unspecified atom stereocenters. The first-order chi connectivity index (χ1) is 10.5. The average Bonchev–Trinajstić information content (AvgIpc) is 2.79. The number of nitrogens with zero attached hydrogens (tertiary/aromatic N) is 1. The van der Waals surface area contributed by atoms with Gasteiger partial charge in [-0.25, -0.2) is 4.98 Å². The fourth-order valence-electron chi connectivity index (χ4n) is 1.93. The van der Waals surface area contributed by atoms with E-state index in [1.54, 1.807) is 0 Å². The Balaban J connectivity index is 2.06. The van der Waals surface area contributed by atoms with E-state index in [4.69, 9.17) is 10.5 Å². The predicted octanol–water partition coefficient (Wildman–Crippen LogP) is 2.72. The molecule has 2 rings (SSSR count). The maximum absolute atomic E-state index is 11.9. The number of rotatable bonds is 6. The van der Waals surface area contributed by atoms with Crippen molar-refractivity contribution in [2.24, 2.45) is 5.73 Å². The smallest absolute Gasteiger partial charge is 0.245 e. The lowest BCUT2D eigenvalue weighted by atomic mass is 10.1. The van der Waals surface area contributed by atoms with E-state index in [2.05, 4.69) is 38.4 Å². The van der Waals surface area contributed by atoms with Crippen LogP contribution in [0, 0.1) is 6.92 Å². The summed E-state index contributed by atoms with van der Waals surface area (Å²) in [5, 5.41) is 3.31. The van der Waals surface area contributed by atoms with E-state index in [1.807, 2.05) is 19.1 Å². The molecule has 1 atom stereocenters. The van der Waals surface area contributed by atoms with Gasteiger partial charge >= 0.3 is 0 Å². The minimum absolute atomic E-state index is 0.182. The molecule has 1 aromatic carbocycles. The lowest BCUT2D eigenvalue weighted by Gasteiger charge is -2.08. The maximum Gasteiger partial charge on any atom is 0.245 e. The molecule has 118 valence electrons. The fourth-order valence-corrected chi connectivity index (χ4v) is 3.38. The number of nitrogens with one attached hydrogen (secondary N) is 1. The second-order valence-electron chi connectivity index (χ2n) is 4.89. The number of nitrogens with two attached hydrogens (primary N) is 1. The van der Waals surface area contributed by atoms with Crippen LogP contribution in [0.5, 0.6) is 0 Å². The van der Waals surface area contributed by atoms with Gasteiger partial charge in [0.2, 0.25) is 5.91 Å². The van der Waals surface area contributed by atoms with E-state index < -0.39 is 6.04 Å². The SMILES string of the molecule is COCC(N)C(=O)Nc1nc(C)c(Cc2cccc(Br)c2)s1. The van der Waals surface area contributed by atoms with Crippen molar-refractivity contribution in [1.82, 2.24) is 4.98 Å². The van der Waals surface area contributed by atoms with E-state index in [0.717, 1.165) is 21.5 Å². The van der Waals surface area contributed by atoms with Crippen molar-refractivity contribution in [2.45, 2.75) is 19.4 Å². The molecule has 0 radical (unpaired) electrons. The first-order valence-electron chi connectivity index (χ1n) is 6.75. The minimum Gasteiger partial charge on any atom is -0.383 e. The first kappa shape index (κ1) is 17.1. The largest absolute Gasteiger partial charge is 0.383 e.